The molecule has 0 atom stereocenters. The second-order valence-corrected chi connectivity index (χ2v) is 3.08. The Bertz CT molecular complexity index is 295. The second kappa shape index (κ2) is 3.99. The van der Waals surface area contributed by atoms with Crippen LogP contribution in [-0.4, -0.2) is 6.61 Å². The number of benzene rings is 1. The highest BCUT2D eigenvalue weighted by atomic mass is 16.5. The van der Waals surface area contributed by atoms with Crippen molar-refractivity contribution >= 4 is 5.69 Å². The lowest BCUT2D eigenvalue weighted by Crippen LogP contribution is -1.98. The van der Waals surface area contributed by atoms with E-state index < -0.39 is 0 Å². The molecule has 2 N–H and O–H groups in total. The van der Waals surface area contributed by atoms with Crippen LogP contribution in [0.15, 0.2) is 24.8 Å². The van der Waals surface area contributed by atoms with Crippen LogP contribution < -0.4 is 10.5 Å². The van der Waals surface area contributed by atoms with Crippen molar-refractivity contribution < 1.29 is 4.74 Å². The molecule has 1 aromatic carbocycles. The van der Waals surface area contributed by atoms with Crippen molar-refractivity contribution in [2.45, 2.75) is 13.8 Å². The summed E-state index contributed by atoms with van der Waals surface area (Å²) in [5.41, 5.74) is 8.60. The monoisotopic (exact) mass is 177 g/mol. The summed E-state index contributed by atoms with van der Waals surface area (Å²) in [6.07, 6.45) is 1.73. The van der Waals surface area contributed by atoms with Crippen LogP contribution in [-0.2, 0) is 0 Å². The summed E-state index contributed by atoms with van der Waals surface area (Å²) in [6.45, 7) is 8.11. The molecule has 0 aliphatic heterocycles. The average molecular weight is 177 g/mol. The van der Waals surface area contributed by atoms with Gasteiger partial charge in [0.25, 0.3) is 0 Å². The Balaban J connectivity index is 2.98. The Kier molecular flexibility index (Phi) is 2.96. The van der Waals surface area contributed by atoms with Crippen LogP contribution in [0.5, 0.6) is 5.75 Å². The van der Waals surface area contributed by atoms with Gasteiger partial charge in [-0.15, -0.1) is 0 Å². The van der Waals surface area contributed by atoms with Gasteiger partial charge in [0.15, 0.2) is 0 Å². The second-order valence-electron chi connectivity index (χ2n) is 3.08. The SMILES string of the molecule is C=CCOc1c(C)cc(N)cc1C. The number of aryl methyl sites for hydroxylation is 2. The third kappa shape index (κ3) is 2.25. The summed E-state index contributed by atoms with van der Waals surface area (Å²) < 4.78 is 5.50. The lowest BCUT2D eigenvalue weighted by molar-refractivity contribution is 0.358. The summed E-state index contributed by atoms with van der Waals surface area (Å²) in [5, 5.41) is 0. The molecule has 0 saturated carbocycles. The molecule has 2 nitrogen and oxygen atoms in total. The van der Waals surface area contributed by atoms with E-state index >= 15 is 0 Å². The minimum absolute atomic E-state index is 0.533. The summed E-state index contributed by atoms with van der Waals surface area (Å²) in [5.74, 6) is 0.911. The van der Waals surface area contributed by atoms with Gasteiger partial charge in [-0.1, -0.05) is 12.7 Å². The minimum Gasteiger partial charge on any atom is -0.489 e. The highest BCUT2D eigenvalue weighted by Gasteiger charge is 2.03. The standard InChI is InChI=1S/C11H15NO/c1-4-5-13-11-8(2)6-10(12)7-9(11)3/h4,6-7H,1,5,12H2,2-3H3. The zero-order valence-electron chi connectivity index (χ0n) is 8.13. The van der Waals surface area contributed by atoms with Gasteiger partial charge in [-0.2, -0.15) is 0 Å². The van der Waals surface area contributed by atoms with Crippen molar-refractivity contribution in [3.63, 3.8) is 0 Å². The van der Waals surface area contributed by atoms with Gasteiger partial charge in [0, 0.05) is 5.69 Å². The lowest BCUT2D eigenvalue weighted by atomic mass is 10.1. The Morgan fingerprint density at radius 3 is 2.38 bits per heavy atom. The normalized spacial score (nSPS) is 9.69. The molecule has 0 spiro atoms. The van der Waals surface area contributed by atoms with Gasteiger partial charge in [0.05, 0.1) is 0 Å². The first kappa shape index (κ1) is 9.65. The molecule has 0 fully saturated rings. The van der Waals surface area contributed by atoms with E-state index in [0.717, 1.165) is 22.6 Å². The molecule has 0 aliphatic carbocycles. The van der Waals surface area contributed by atoms with Crippen LogP contribution in [0.4, 0.5) is 5.69 Å². The molecule has 0 unspecified atom stereocenters. The van der Waals surface area contributed by atoms with Gasteiger partial charge in [-0.05, 0) is 37.1 Å². The van der Waals surface area contributed by atoms with E-state index in [-0.39, 0.29) is 0 Å². The highest BCUT2D eigenvalue weighted by Crippen LogP contribution is 2.25. The summed E-state index contributed by atoms with van der Waals surface area (Å²) >= 11 is 0. The third-order valence-electron chi connectivity index (χ3n) is 1.83. The van der Waals surface area contributed by atoms with Gasteiger partial charge >= 0.3 is 0 Å². The molecule has 0 aromatic heterocycles. The van der Waals surface area contributed by atoms with Crippen LogP contribution in [0, 0.1) is 13.8 Å². The maximum Gasteiger partial charge on any atom is 0.125 e. The Labute approximate surface area is 79.0 Å². The zero-order chi connectivity index (χ0) is 9.84. The molecule has 1 aromatic rings. The van der Waals surface area contributed by atoms with Gasteiger partial charge < -0.3 is 10.5 Å². The third-order valence-corrected chi connectivity index (χ3v) is 1.83. The lowest BCUT2D eigenvalue weighted by Gasteiger charge is -2.11. The Hall–Kier alpha value is -1.44. The van der Waals surface area contributed by atoms with Crippen molar-refractivity contribution in [1.82, 2.24) is 0 Å². The fourth-order valence-electron chi connectivity index (χ4n) is 1.35. The van der Waals surface area contributed by atoms with Crippen LogP contribution in [0.25, 0.3) is 0 Å². The van der Waals surface area contributed by atoms with Crippen molar-refractivity contribution in [3.05, 3.63) is 35.9 Å². The molecule has 13 heavy (non-hydrogen) atoms. The fourth-order valence-corrected chi connectivity index (χ4v) is 1.35. The van der Waals surface area contributed by atoms with E-state index in [2.05, 4.69) is 6.58 Å². The van der Waals surface area contributed by atoms with E-state index in [4.69, 9.17) is 10.5 Å². The van der Waals surface area contributed by atoms with Gasteiger partial charge in [-0.3, -0.25) is 0 Å². The predicted molar refractivity (Wildman–Crippen MR) is 56.0 cm³/mol. The van der Waals surface area contributed by atoms with E-state index in [1.807, 2.05) is 26.0 Å². The topological polar surface area (TPSA) is 35.2 Å². The van der Waals surface area contributed by atoms with E-state index in [9.17, 15) is 0 Å². The first-order valence-electron chi connectivity index (χ1n) is 4.25. The van der Waals surface area contributed by atoms with Gasteiger partial charge in [0.1, 0.15) is 12.4 Å². The first-order chi connectivity index (χ1) is 6.15. The van der Waals surface area contributed by atoms with Crippen molar-refractivity contribution in [2.24, 2.45) is 0 Å². The van der Waals surface area contributed by atoms with Crippen LogP contribution in [0.3, 0.4) is 0 Å². The van der Waals surface area contributed by atoms with Gasteiger partial charge in [-0.25, -0.2) is 0 Å². The maximum atomic E-state index is 5.68. The molecule has 0 bridgehead atoms. The molecule has 2 heteroatoms. The van der Waals surface area contributed by atoms with Crippen LogP contribution in [0.1, 0.15) is 11.1 Å². The number of ether oxygens (including phenoxy) is 1. The number of rotatable bonds is 3. The summed E-state index contributed by atoms with van der Waals surface area (Å²) in [7, 11) is 0. The molecular formula is C11H15NO. The van der Waals surface area contributed by atoms with E-state index in [1.165, 1.54) is 0 Å². The largest absolute Gasteiger partial charge is 0.489 e. The molecule has 0 radical (unpaired) electrons. The molecule has 0 amide bonds. The molecular weight excluding hydrogens is 162 g/mol. The summed E-state index contributed by atoms with van der Waals surface area (Å²) in [4.78, 5) is 0. The molecule has 0 saturated heterocycles. The Morgan fingerprint density at radius 1 is 1.38 bits per heavy atom. The van der Waals surface area contributed by atoms with E-state index in [0.29, 0.717) is 6.61 Å². The number of nitrogens with two attached hydrogens (primary N) is 1. The van der Waals surface area contributed by atoms with Crippen LogP contribution >= 0.6 is 0 Å². The quantitative estimate of drug-likeness (QED) is 0.568. The maximum absolute atomic E-state index is 5.68. The fraction of sp³-hybridized carbons (Fsp3) is 0.273. The number of hydrogen-bond donors (Lipinski definition) is 1. The van der Waals surface area contributed by atoms with Crippen LogP contribution in [0.2, 0.25) is 0 Å². The van der Waals surface area contributed by atoms with Crippen molar-refractivity contribution in [3.8, 4) is 5.75 Å². The zero-order valence-corrected chi connectivity index (χ0v) is 8.13. The minimum atomic E-state index is 0.533. The first-order valence-corrected chi connectivity index (χ1v) is 4.25. The average Bonchev–Trinajstić information content (AvgIpc) is 2.02. The summed E-state index contributed by atoms with van der Waals surface area (Å²) in [6, 6.07) is 3.82. The highest BCUT2D eigenvalue weighted by molar-refractivity contribution is 5.52. The Morgan fingerprint density at radius 2 is 1.92 bits per heavy atom. The molecule has 0 aliphatic rings. The van der Waals surface area contributed by atoms with Crippen molar-refractivity contribution in [1.29, 1.82) is 0 Å². The van der Waals surface area contributed by atoms with E-state index in [1.54, 1.807) is 6.08 Å². The molecule has 70 valence electrons. The number of nitrogen functional groups attached to an aromatic ring is 1. The van der Waals surface area contributed by atoms with Crippen molar-refractivity contribution in [2.75, 3.05) is 12.3 Å². The molecule has 0 heterocycles. The number of hydrogen-bond acceptors (Lipinski definition) is 2. The predicted octanol–water partition coefficient (Wildman–Crippen LogP) is 2.45. The molecule has 1 rings (SSSR count). The van der Waals surface area contributed by atoms with Gasteiger partial charge in [0.2, 0.25) is 0 Å². The smallest absolute Gasteiger partial charge is 0.125 e. The number of anilines is 1.